The van der Waals surface area contributed by atoms with Crippen molar-refractivity contribution in [2.45, 2.75) is 13.0 Å². The van der Waals surface area contributed by atoms with Crippen LogP contribution >= 0.6 is 0 Å². The fourth-order valence-corrected chi connectivity index (χ4v) is 9.26. The first kappa shape index (κ1) is 39.7. The minimum Gasteiger partial charge on any atom is -0.372 e. The van der Waals surface area contributed by atoms with Gasteiger partial charge < -0.3 is 5.32 Å². The second-order valence-electron chi connectivity index (χ2n) is 17.0. The van der Waals surface area contributed by atoms with E-state index in [9.17, 15) is 0 Å². The molecule has 67 heavy (non-hydrogen) atoms. The maximum absolute atomic E-state index is 5.34. The third-order valence-corrected chi connectivity index (χ3v) is 12.8. The fourth-order valence-electron chi connectivity index (χ4n) is 9.26. The molecule has 1 unspecified atom stereocenters. The molecule has 4 heterocycles. The van der Waals surface area contributed by atoms with Crippen LogP contribution in [0.2, 0.25) is 0 Å². The van der Waals surface area contributed by atoms with Gasteiger partial charge in [-0.1, -0.05) is 182 Å². The monoisotopic (exact) mass is 858 g/mol. The highest BCUT2D eigenvalue weighted by Crippen LogP contribution is 2.39. The number of hydrogen-bond donors (Lipinski definition) is 1. The van der Waals surface area contributed by atoms with Crippen molar-refractivity contribution in [3.8, 4) is 78.8 Å². The van der Waals surface area contributed by atoms with E-state index < -0.39 is 0 Å². The lowest BCUT2D eigenvalue weighted by atomic mass is 9.95. The van der Waals surface area contributed by atoms with E-state index in [2.05, 4.69) is 193 Å². The molecule has 3 aromatic heterocycles. The molecule has 1 aliphatic rings. The minimum absolute atomic E-state index is 0.0790. The van der Waals surface area contributed by atoms with E-state index in [-0.39, 0.29) is 6.04 Å². The number of anilines is 1. The highest BCUT2D eigenvalue weighted by atomic mass is 15.0. The summed E-state index contributed by atoms with van der Waals surface area (Å²) < 4.78 is 0. The SMILES string of the molecule is Cc1cc(-c2cccc(-c3cccc(-c4ccc(-c5nc(-c6ccccc6)nc(-c6cccc(-c7cccc8ccncc78)c6)n5)cc4)c3)c2)nc2c3c(ccc12)C=CC(c1ccccc1)N3. The topological polar surface area (TPSA) is 76.5 Å². The lowest BCUT2D eigenvalue weighted by Gasteiger charge is -2.24. The first-order valence-corrected chi connectivity index (χ1v) is 22.6. The molecule has 0 fully saturated rings. The minimum atomic E-state index is 0.0790. The first-order valence-electron chi connectivity index (χ1n) is 22.6. The van der Waals surface area contributed by atoms with Crippen molar-refractivity contribution in [2.24, 2.45) is 0 Å². The van der Waals surface area contributed by atoms with Crippen molar-refractivity contribution in [1.82, 2.24) is 24.9 Å². The van der Waals surface area contributed by atoms with Gasteiger partial charge >= 0.3 is 0 Å². The molecule has 8 aromatic carbocycles. The average molecular weight is 859 g/mol. The van der Waals surface area contributed by atoms with Gasteiger partial charge in [0.2, 0.25) is 0 Å². The summed E-state index contributed by atoms with van der Waals surface area (Å²) in [4.78, 5) is 24.9. The molecule has 6 heteroatoms. The molecule has 11 aromatic rings. The van der Waals surface area contributed by atoms with Gasteiger partial charge in [0.25, 0.3) is 0 Å². The van der Waals surface area contributed by atoms with Crippen LogP contribution < -0.4 is 5.32 Å². The second-order valence-corrected chi connectivity index (χ2v) is 17.0. The molecule has 0 saturated heterocycles. The van der Waals surface area contributed by atoms with E-state index in [1.54, 1.807) is 0 Å². The van der Waals surface area contributed by atoms with Crippen LogP contribution in [0, 0.1) is 6.92 Å². The molecule has 1 aliphatic heterocycles. The summed E-state index contributed by atoms with van der Waals surface area (Å²) in [5.41, 5.74) is 17.1. The zero-order valence-electron chi connectivity index (χ0n) is 36.7. The maximum atomic E-state index is 5.34. The van der Waals surface area contributed by atoms with Crippen molar-refractivity contribution < 1.29 is 0 Å². The standard InChI is InChI=1S/C61H42N6/c1-39-34-56(64-58-52(39)30-28-43-29-31-55(63-57(43)58)42-12-4-2-5-13-42)50-21-9-19-48(36-50)47-18-8-17-46(35-47)40-24-26-45(27-25-40)60-65-59(44-14-6-3-7-15-44)66-61(67-60)51-22-10-20-49(37-51)53-23-11-16-41-32-33-62-38-54(41)53/h2-38,55,63H,1H3. The fraction of sp³-hybridized carbons (Fsp3) is 0.0328. The number of benzene rings is 8. The quantitative estimate of drug-likeness (QED) is 0.164. The number of pyridine rings is 2. The Hall–Kier alpha value is -8.87. The molecule has 316 valence electrons. The third kappa shape index (κ3) is 7.70. The van der Waals surface area contributed by atoms with Gasteiger partial charge in [0, 0.05) is 45.4 Å². The molecule has 0 spiro atoms. The van der Waals surface area contributed by atoms with E-state index in [0.717, 1.165) is 94.3 Å². The van der Waals surface area contributed by atoms with Gasteiger partial charge in [0.15, 0.2) is 17.5 Å². The van der Waals surface area contributed by atoms with Crippen LogP contribution in [0.3, 0.4) is 0 Å². The van der Waals surface area contributed by atoms with Gasteiger partial charge in [-0.25, -0.2) is 19.9 Å². The molecule has 0 bridgehead atoms. The molecule has 0 saturated carbocycles. The average Bonchev–Trinajstić information content (AvgIpc) is 3.41. The summed E-state index contributed by atoms with van der Waals surface area (Å²) in [6.07, 6.45) is 8.20. The molecule has 1 N–H and O–H groups in total. The Labute approximate surface area is 389 Å². The predicted octanol–water partition coefficient (Wildman–Crippen LogP) is 15.1. The summed E-state index contributed by atoms with van der Waals surface area (Å²) in [7, 11) is 0. The maximum Gasteiger partial charge on any atom is 0.164 e. The Morgan fingerprint density at radius 2 is 1.01 bits per heavy atom. The van der Waals surface area contributed by atoms with Crippen LogP contribution in [0.25, 0.3) is 107 Å². The molecule has 12 rings (SSSR count). The number of aryl methyl sites for hydroxylation is 1. The van der Waals surface area contributed by atoms with Crippen molar-refractivity contribution >= 4 is 33.4 Å². The van der Waals surface area contributed by atoms with E-state index in [4.69, 9.17) is 19.9 Å². The van der Waals surface area contributed by atoms with Crippen LogP contribution in [0.5, 0.6) is 0 Å². The van der Waals surface area contributed by atoms with Gasteiger partial charge in [-0.05, 0) is 92.7 Å². The Morgan fingerprint density at radius 1 is 0.433 bits per heavy atom. The second kappa shape index (κ2) is 16.9. The number of nitrogens with zero attached hydrogens (tertiary/aromatic N) is 5. The molecule has 0 aliphatic carbocycles. The number of nitrogens with one attached hydrogen (secondary N) is 1. The highest BCUT2D eigenvalue weighted by Gasteiger charge is 2.20. The Morgan fingerprint density at radius 3 is 1.78 bits per heavy atom. The summed E-state index contributed by atoms with van der Waals surface area (Å²) >= 11 is 0. The normalized spacial score (nSPS) is 13.1. The van der Waals surface area contributed by atoms with Crippen LogP contribution in [-0.4, -0.2) is 24.9 Å². The zero-order chi connectivity index (χ0) is 44.7. The molecule has 0 amide bonds. The van der Waals surface area contributed by atoms with Crippen LogP contribution in [0.4, 0.5) is 5.69 Å². The van der Waals surface area contributed by atoms with Gasteiger partial charge in [-0.3, -0.25) is 4.98 Å². The van der Waals surface area contributed by atoms with Gasteiger partial charge in [0.05, 0.1) is 22.9 Å². The molecule has 1 atom stereocenters. The van der Waals surface area contributed by atoms with Crippen molar-refractivity contribution in [1.29, 1.82) is 0 Å². The smallest absolute Gasteiger partial charge is 0.164 e. The van der Waals surface area contributed by atoms with E-state index >= 15 is 0 Å². The Bertz CT molecular complexity index is 3670. The zero-order valence-corrected chi connectivity index (χ0v) is 36.7. The van der Waals surface area contributed by atoms with E-state index in [1.807, 2.05) is 48.8 Å². The van der Waals surface area contributed by atoms with E-state index in [0.29, 0.717) is 17.5 Å². The van der Waals surface area contributed by atoms with Crippen LogP contribution in [0.1, 0.15) is 22.7 Å². The summed E-state index contributed by atoms with van der Waals surface area (Å²) in [5.74, 6) is 1.85. The van der Waals surface area contributed by atoms with Crippen molar-refractivity contribution in [2.75, 3.05) is 5.32 Å². The number of fused-ring (bicyclic) bond motifs is 4. The number of aromatic nitrogens is 5. The van der Waals surface area contributed by atoms with Crippen LogP contribution in [-0.2, 0) is 0 Å². The number of rotatable bonds is 8. The summed E-state index contributed by atoms with van der Waals surface area (Å²) in [6, 6.07) is 70.1. The summed E-state index contributed by atoms with van der Waals surface area (Å²) in [6.45, 7) is 2.18. The van der Waals surface area contributed by atoms with Crippen LogP contribution in [0.15, 0.2) is 219 Å². The summed E-state index contributed by atoms with van der Waals surface area (Å²) in [5, 5.41) is 7.20. The third-order valence-electron chi connectivity index (χ3n) is 12.8. The van der Waals surface area contributed by atoms with E-state index in [1.165, 1.54) is 11.1 Å². The molecular weight excluding hydrogens is 817 g/mol. The lowest BCUT2D eigenvalue weighted by molar-refractivity contribution is 0.981. The van der Waals surface area contributed by atoms with Gasteiger partial charge in [-0.15, -0.1) is 0 Å². The predicted molar refractivity (Wildman–Crippen MR) is 275 cm³/mol. The molecule has 0 radical (unpaired) electrons. The lowest BCUT2D eigenvalue weighted by Crippen LogP contribution is -2.13. The Kier molecular flexibility index (Phi) is 10.0. The Balaban J connectivity index is 0.853. The highest BCUT2D eigenvalue weighted by molar-refractivity contribution is 6.00. The van der Waals surface area contributed by atoms with Gasteiger partial charge in [0.1, 0.15) is 0 Å². The van der Waals surface area contributed by atoms with Crippen molar-refractivity contribution in [3.05, 3.63) is 235 Å². The molecule has 6 nitrogen and oxygen atoms in total. The molecular formula is C61H42N6. The number of hydrogen-bond acceptors (Lipinski definition) is 6. The van der Waals surface area contributed by atoms with Gasteiger partial charge in [-0.2, -0.15) is 0 Å². The first-order chi connectivity index (χ1) is 33.1. The van der Waals surface area contributed by atoms with Crippen molar-refractivity contribution in [3.63, 3.8) is 0 Å². The largest absolute Gasteiger partial charge is 0.372 e.